The van der Waals surface area contributed by atoms with Crippen molar-refractivity contribution in [2.45, 2.75) is 10.6 Å². The highest BCUT2D eigenvalue weighted by molar-refractivity contribution is 7.98. The lowest BCUT2D eigenvalue weighted by molar-refractivity contribution is 0.603. The molecule has 1 aromatic carbocycles. The number of rotatable bonds is 3. The number of aromatic nitrogens is 1. The molecule has 2 rings (SSSR count). The first kappa shape index (κ1) is 13.5. The normalized spacial score (nSPS) is 10.6. The summed E-state index contributed by atoms with van der Waals surface area (Å²) in [5.41, 5.74) is 6.69. The minimum atomic E-state index is -0.335. The first-order chi connectivity index (χ1) is 8.56. The van der Waals surface area contributed by atoms with Gasteiger partial charge in [0.15, 0.2) is 0 Å². The van der Waals surface area contributed by atoms with Crippen molar-refractivity contribution in [2.75, 3.05) is 5.73 Å². The van der Waals surface area contributed by atoms with Crippen LogP contribution < -0.4 is 5.73 Å². The summed E-state index contributed by atoms with van der Waals surface area (Å²) in [7, 11) is 0. The van der Waals surface area contributed by atoms with Gasteiger partial charge in [0.05, 0.1) is 0 Å². The molecule has 0 fully saturated rings. The lowest BCUT2D eigenvalue weighted by atomic mass is 10.3. The van der Waals surface area contributed by atoms with Crippen LogP contribution in [0.2, 0.25) is 10.2 Å². The molecule has 0 atom stereocenters. The quantitative estimate of drug-likeness (QED) is 0.519. The molecule has 0 aliphatic heterocycles. The Balaban J connectivity index is 2.11. The molecule has 2 aromatic rings. The van der Waals surface area contributed by atoms with Crippen molar-refractivity contribution in [3.63, 3.8) is 0 Å². The van der Waals surface area contributed by atoms with E-state index in [0.717, 1.165) is 5.56 Å². The SMILES string of the molecule is Nc1ccc(SCc2cnc(Cl)cc2Cl)c(F)c1. The number of anilines is 1. The standard InChI is InChI=1S/C12H9Cl2FN2S/c13-9-4-12(14)17-5-7(9)6-18-11-2-1-8(16)3-10(11)15/h1-5H,6,16H2. The van der Waals surface area contributed by atoms with Crippen LogP contribution in [-0.2, 0) is 5.75 Å². The molecule has 0 aliphatic rings. The second-order valence-corrected chi connectivity index (χ2v) is 5.39. The van der Waals surface area contributed by atoms with Crippen molar-refractivity contribution in [1.29, 1.82) is 0 Å². The van der Waals surface area contributed by atoms with Crippen LogP contribution in [0, 0.1) is 5.82 Å². The monoisotopic (exact) mass is 302 g/mol. The fourth-order valence-electron chi connectivity index (χ4n) is 1.33. The molecular formula is C12H9Cl2FN2S. The molecule has 2 N–H and O–H groups in total. The highest BCUT2D eigenvalue weighted by Gasteiger charge is 2.07. The van der Waals surface area contributed by atoms with E-state index in [4.69, 9.17) is 28.9 Å². The molecule has 94 valence electrons. The summed E-state index contributed by atoms with van der Waals surface area (Å²) in [6.45, 7) is 0. The second-order valence-electron chi connectivity index (χ2n) is 3.58. The van der Waals surface area contributed by atoms with Gasteiger partial charge in [-0.15, -0.1) is 11.8 Å². The van der Waals surface area contributed by atoms with Crippen LogP contribution in [0.3, 0.4) is 0 Å². The van der Waals surface area contributed by atoms with E-state index in [2.05, 4.69) is 4.98 Å². The van der Waals surface area contributed by atoms with Crippen LogP contribution in [0.1, 0.15) is 5.56 Å². The van der Waals surface area contributed by atoms with Crippen LogP contribution in [0.4, 0.5) is 10.1 Å². The summed E-state index contributed by atoms with van der Waals surface area (Å²) < 4.78 is 13.5. The largest absolute Gasteiger partial charge is 0.399 e. The van der Waals surface area contributed by atoms with E-state index in [1.54, 1.807) is 24.4 Å². The van der Waals surface area contributed by atoms with Crippen molar-refractivity contribution in [3.8, 4) is 0 Å². The molecule has 0 bridgehead atoms. The first-order valence-corrected chi connectivity index (χ1v) is 6.78. The van der Waals surface area contributed by atoms with E-state index >= 15 is 0 Å². The van der Waals surface area contributed by atoms with Crippen molar-refractivity contribution >= 4 is 40.7 Å². The Hall–Kier alpha value is -0.970. The lowest BCUT2D eigenvalue weighted by Gasteiger charge is -2.06. The molecular weight excluding hydrogens is 294 g/mol. The van der Waals surface area contributed by atoms with E-state index in [1.807, 2.05) is 0 Å². The predicted molar refractivity (Wildman–Crippen MR) is 74.6 cm³/mol. The van der Waals surface area contributed by atoms with Crippen molar-refractivity contribution < 1.29 is 4.39 Å². The molecule has 1 aromatic heterocycles. The molecule has 6 heteroatoms. The molecule has 0 aliphatic carbocycles. The molecule has 0 amide bonds. The Morgan fingerprint density at radius 2 is 2.06 bits per heavy atom. The predicted octanol–water partition coefficient (Wildman–Crippen LogP) is 4.40. The van der Waals surface area contributed by atoms with Gasteiger partial charge in [0, 0.05) is 27.6 Å². The number of hydrogen-bond donors (Lipinski definition) is 1. The number of nitrogen functional groups attached to an aromatic ring is 1. The van der Waals surface area contributed by atoms with Gasteiger partial charge in [-0.1, -0.05) is 23.2 Å². The number of halogens is 3. The van der Waals surface area contributed by atoms with Gasteiger partial charge < -0.3 is 5.73 Å². The van der Waals surface area contributed by atoms with Gasteiger partial charge in [-0.2, -0.15) is 0 Å². The zero-order valence-corrected chi connectivity index (χ0v) is 11.5. The van der Waals surface area contributed by atoms with Crippen LogP contribution >= 0.6 is 35.0 Å². The topological polar surface area (TPSA) is 38.9 Å². The third kappa shape index (κ3) is 3.28. The number of thioether (sulfide) groups is 1. The molecule has 0 spiro atoms. The minimum absolute atomic E-state index is 0.335. The summed E-state index contributed by atoms with van der Waals surface area (Å²) >= 11 is 13.0. The molecule has 0 unspecified atom stereocenters. The van der Waals surface area contributed by atoms with E-state index in [0.29, 0.717) is 26.5 Å². The average Bonchev–Trinajstić information content (AvgIpc) is 2.30. The fourth-order valence-corrected chi connectivity index (χ4v) is 2.75. The average molecular weight is 303 g/mol. The molecule has 1 heterocycles. The number of hydrogen-bond acceptors (Lipinski definition) is 3. The molecule has 18 heavy (non-hydrogen) atoms. The zero-order chi connectivity index (χ0) is 13.1. The summed E-state index contributed by atoms with van der Waals surface area (Å²) in [5, 5.41) is 0.866. The van der Waals surface area contributed by atoms with Gasteiger partial charge in [-0.25, -0.2) is 9.37 Å². The fraction of sp³-hybridized carbons (Fsp3) is 0.0833. The van der Waals surface area contributed by atoms with Crippen molar-refractivity contribution in [1.82, 2.24) is 4.98 Å². The van der Waals surface area contributed by atoms with Crippen molar-refractivity contribution in [2.24, 2.45) is 0 Å². The highest BCUT2D eigenvalue weighted by Crippen LogP contribution is 2.29. The second kappa shape index (κ2) is 5.78. The van der Waals surface area contributed by atoms with Gasteiger partial charge in [0.1, 0.15) is 11.0 Å². The van der Waals surface area contributed by atoms with Crippen LogP contribution in [-0.4, -0.2) is 4.98 Å². The summed E-state index contributed by atoms with van der Waals surface area (Å²) in [4.78, 5) is 4.47. The van der Waals surface area contributed by atoms with Gasteiger partial charge in [0.25, 0.3) is 0 Å². The maximum Gasteiger partial charge on any atom is 0.138 e. The highest BCUT2D eigenvalue weighted by atomic mass is 35.5. The molecule has 0 saturated carbocycles. The van der Waals surface area contributed by atoms with Crippen molar-refractivity contribution in [3.05, 3.63) is 52.0 Å². The summed E-state index contributed by atoms with van der Waals surface area (Å²) in [6, 6.07) is 6.17. The molecule has 2 nitrogen and oxygen atoms in total. The Bertz CT molecular complexity index is 526. The number of pyridine rings is 1. The lowest BCUT2D eigenvalue weighted by Crippen LogP contribution is -1.90. The first-order valence-electron chi connectivity index (χ1n) is 5.04. The van der Waals surface area contributed by atoms with Gasteiger partial charge in [0.2, 0.25) is 0 Å². The van der Waals surface area contributed by atoms with Crippen LogP contribution in [0.15, 0.2) is 35.4 Å². The van der Waals surface area contributed by atoms with Gasteiger partial charge in [-0.3, -0.25) is 0 Å². The van der Waals surface area contributed by atoms with E-state index in [9.17, 15) is 4.39 Å². The van der Waals surface area contributed by atoms with Gasteiger partial charge in [-0.05, 0) is 29.8 Å². The third-order valence-electron chi connectivity index (χ3n) is 2.24. The Morgan fingerprint density at radius 1 is 1.28 bits per heavy atom. The maximum absolute atomic E-state index is 13.5. The smallest absolute Gasteiger partial charge is 0.138 e. The molecule has 0 radical (unpaired) electrons. The van der Waals surface area contributed by atoms with E-state index in [1.165, 1.54) is 17.8 Å². The number of nitrogens with zero attached hydrogens (tertiary/aromatic N) is 1. The molecule has 0 saturated heterocycles. The van der Waals surface area contributed by atoms with Crippen LogP contribution in [0.25, 0.3) is 0 Å². The number of benzene rings is 1. The minimum Gasteiger partial charge on any atom is -0.399 e. The Labute approximate surface area is 118 Å². The van der Waals surface area contributed by atoms with E-state index < -0.39 is 0 Å². The van der Waals surface area contributed by atoms with Crippen LogP contribution in [0.5, 0.6) is 0 Å². The summed E-state index contributed by atoms with van der Waals surface area (Å²) in [6.07, 6.45) is 1.59. The Morgan fingerprint density at radius 3 is 2.72 bits per heavy atom. The number of nitrogens with two attached hydrogens (primary N) is 1. The third-order valence-corrected chi connectivity index (χ3v) is 3.89. The van der Waals surface area contributed by atoms with E-state index in [-0.39, 0.29) is 5.82 Å². The summed E-state index contributed by atoms with van der Waals surface area (Å²) in [5.74, 6) is 0.183. The van der Waals surface area contributed by atoms with Gasteiger partial charge >= 0.3 is 0 Å². The Kier molecular flexibility index (Phi) is 4.32. The zero-order valence-electron chi connectivity index (χ0n) is 9.16. The maximum atomic E-state index is 13.5.